The zero-order chi connectivity index (χ0) is 17.8. The molecule has 4 heteroatoms. The molecular weight excluding hydrogens is 320 g/mol. The van der Waals surface area contributed by atoms with Gasteiger partial charge in [-0.2, -0.15) is 15.5 Å². The van der Waals surface area contributed by atoms with Gasteiger partial charge in [-0.3, -0.25) is 0 Å². The van der Waals surface area contributed by atoms with Crippen molar-refractivity contribution in [2.45, 2.75) is 0 Å². The summed E-state index contributed by atoms with van der Waals surface area (Å²) in [6, 6.07) is 27.4. The lowest BCUT2D eigenvalue weighted by molar-refractivity contribution is 1.04. The molecule has 2 aromatic carbocycles. The first-order chi connectivity index (χ1) is 12.8. The van der Waals surface area contributed by atoms with Crippen LogP contribution in [0.1, 0.15) is 5.56 Å². The van der Waals surface area contributed by atoms with Gasteiger partial charge in [-0.1, -0.05) is 54.6 Å². The van der Waals surface area contributed by atoms with Crippen molar-refractivity contribution < 1.29 is 0 Å². The second-order valence-electron chi connectivity index (χ2n) is 5.76. The molecule has 0 saturated heterocycles. The van der Waals surface area contributed by atoms with Crippen molar-refractivity contribution in [1.82, 2.24) is 15.2 Å². The third kappa shape index (κ3) is 3.06. The maximum absolute atomic E-state index is 9.33. The molecule has 0 aliphatic heterocycles. The van der Waals surface area contributed by atoms with Crippen LogP contribution < -0.4 is 0 Å². The second kappa shape index (κ2) is 6.96. The van der Waals surface area contributed by atoms with E-state index in [9.17, 15) is 5.26 Å². The number of pyridine rings is 1. The Morgan fingerprint density at radius 2 is 1.46 bits per heavy atom. The smallest absolute Gasteiger partial charge is 0.0998 e. The minimum atomic E-state index is 0.606. The topological polar surface area (TPSA) is 62.5 Å². The van der Waals surface area contributed by atoms with Gasteiger partial charge in [0.25, 0.3) is 0 Å². The van der Waals surface area contributed by atoms with Crippen LogP contribution in [0.3, 0.4) is 0 Å². The summed E-state index contributed by atoms with van der Waals surface area (Å²) < 4.78 is 0. The summed E-state index contributed by atoms with van der Waals surface area (Å²) >= 11 is 0. The van der Waals surface area contributed by atoms with Crippen molar-refractivity contribution in [1.29, 1.82) is 5.26 Å². The number of rotatable bonds is 3. The Labute approximate surface area is 151 Å². The average molecular weight is 334 g/mol. The van der Waals surface area contributed by atoms with Gasteiger partial charge in [0.05, 0.1) is 34.9 Å². The van der Waals surface area contributed by atoms with Crippen LogP contribution in [-0.2, 0) is 0 Å². The van der Waals surface area contributed by atoms with E-state index in [1.165, 1.54) is 0 Å². The van der Waals surface area contributed by atoms with Crippen molar-refractivity contribution in [2.75, 3.05) is 0 Å². The first-order valence-corrected chi connectivity index (χ1v) is 8.20. The summed E-state index contributed by atoms with van der Waals surface area (Å²) in [4.78, 5) is 4.74. The molecule has 4 rings (SSSR count). The fourth-order valence-electron chi connectivity index (χ4n) is 2.81. The third-order valence-electron chi connectivity index (χ3n) is 4.09. The lowest BCUT2D eigenvalue weighted by atomic mass is 10.0. The van der Waals surface area contributed by atoms with Gasteiger partial charge < -0.3 is 0 Å². The predicted molar refractivity (Wildman–Crippen MR) is 101 cm³/mol. The zero-order valence-corrected chi connectivity index (χ0v) is 13.9. The van der Waals surface area contributed by atoms with Gasteiger partial charge in [0.1, 0.15) is 0 Å². The van der Waals surface area contributed by atoms with Crippen molar-refractivity contribution in [3.05, 3.63) is 90.6 Å². The van der Waals surface area contributed by atoms with Crippen molar-refractivity contribution in [2.24, 2.45) is 0 Å². The molecule has 0 amide bonds. The monoisotopic (exact) mass is 334 g/mol. The minimum absolute atomic E-state index is 0.606. The highest BCUT2D eigenvalue weighted by atomic mass is 15.1. The van der Waals surface area contributed by atoms with Crippen LogP contribution in [0.4, 0.5) is 0 Å². The van der Waals surface area contributed by atoms with Crippen LogP contribution in [0.2, 0.25) is 0 Å². The molecule has 0 bridgehead atoms. The second-order valence-corrected chi connectivity index (χ2v) is 5.76. The van der Waals surface area contributed by atoms with Gasteiger partial charge in [-0.25, -0.2) is 4.98 Å². The summed E-state index contributed by atoms with van der Waals surface area (Å²) in [7, 11) is 0. The number of benzene rings is 2. The van der Waals surface area contributed by atoms with Crippen LogP contribution in [0.5, 0.6) is 0 Å². The first-order valence-electron chi connectivity index (χ1n) is 8.20. The maximum Gasteiger partial charge on any atom is 0.0998 e. The Morgan fingerprint density at radius 1 is 0.692 bits per heavy atom. The third-order valence-corrected chi connectivity index (χ3v) is 4.09. The standard InChI is InChI=1S/C22H14N4/c23-14-17-9-4-5-10-19(17)21-12-6-11-20(25-21)18-13-22(26-24-15-18)16-7-2-1-3-8-16/h1-13,15H. The van der Waals surface area contributed by atoms with Gasteiger partial charge in [-0.05, 0) is 24.3 Å². The Morgan fingerprint density at radius 3 is 2.31 bits per heavy atom. The van der Waals surface area contributed by atoms with E-state index in [1.807, 2.05) is 72.8 Å². The summed E-state index contributed by atoms with van der Waals surface area (Å²) in [6.07, 6.45) is 1.70. The first kappa shape index (κ1) is 15.7. The van der Waals surface area contributed by atoms with E-state index in [-0.39, 0.29) is 0 Å². The molecule has 0 atom stereocenters. The van der Waals surface area contributed by atoms with Crippen LogP contribution in [-0.4, -0.2) is 15.2 Å². The van der Waals surface area contributed by atoms with E-state index >= 15 is 0 Å². The molecule has 0 aliphatic carbocycles. The lowest BCUT2D eigenvalue weighted by Gasteiger charge is -2.07. The van der Waals surface area contributed by atoms with E-state index < -0.39 is 0 Å². The minimum Gasteiger partial charge on any atom is -0.248 e. The van der Waals surface area contributed by atoms with Crippen LogP contribution in [0, 0.1) is 11.3 Å². The highest BCUT2D eigenvalue weighted by Gasteiger charge is 2.09. The SMILES string of the molecule is N#Cc1ccccc1-c1cccc(-c2cnnc(-c3ccccc3)c2)n1. The van der Waals surface area contributed by atoms with Gasteiger partial charge in [0, 0.05) is 16.7 Å². The Kier molecular flexibility index (Phi) is 4.19. The van der Waals surface area contributed by atoms with Crippen LogP contribution in [0.25, 0.3) is 33.8 Å². The molecule has 0 saturated carbocycles. The van der Waals surface area contributed by atoms with Crippen molar-refractivity contribution in [3.8, 4) is 39.8 Å². The predicted octanol–water partition coefficient (Wildman–Crippen LogP) is 4.74. The number of hydrogen-bond acceptors (Lipinski definition) is 4. The number of nitrogens with zero attached hydrogens (tertiary/aromatic N) is 4. The molecule has 0 unspecified atom stereocenters. The van der Waals surface area contributed by atoms with E-state index in [1.54, 1.807) is 12.3 Å². The van der Waals surface area contributed by atoms with Crippen molar-refractivity contribution in [3.63, 3.8) is 0 Å². The van der Waals surface area contributed by atoms with E-state index in [4.69, 9.17) is 4.98 Å². The Hall–Kier alpha value is -3.84. The van der Waals surface area contributed by atoms with E-state index in [2.05, 4.69) is 16.3 Å². The highest BCUT2D eigenvalue weighted by Crippen LogP contribution is 2.26. The molecule has 4 aromatic rings. The number of hydrogen-bond donors (Lipinski definition) is 0. The van der Waals surface area contributed by atoms with Gasteiger partial charge in [0.15, 0.2) is 0 Å². The molecule has 0 N–H and O–H groups in total. The summed E-state index contributed by atoms with van der Waals surface area (Å²) in [5, 5.41) is 17.7. The average Bonchev–Trinajstić information content (AvgIpc) is 2.74. The number of nitriles is 1. The molecule has 26 heavy (non-hydrogen) atoms. The largest absolute Gasteiger partial charge is 0.248 e. The normalized spacial score (nSPS) is 10.3. The molecule has 4 nitrogen and oxygen atoms in total. The zero-order valence-electron chi connectivity index (χ0n) is 13.9. The molecule has 122 valence electrons. The molecule has 0 radical (unpaired) electrons. The van der Waals surface area contributed by atoms with Crippen LogP contribution >= 0.6 is 0 Å². The molecule has 2 heterocycles. The van der Waals surface area contributed by atoms with Crippen LogP contribution in [0.15, 0.2) is 85.1 Å². The Balaban J connectivity index is 1.77. The van der Waals surface area contributed by atoms with E-state index in [0.717, 1.165) is 33.8 Å². The quantitative estimate of drug-likeness (QED) is 0.542. The molecule has 2 aromatic heterocycles. The highest BCUT2D eigenvalue weighted by molar-refractivity contribution is 5.72. The fourth-order valence-corrected chi connectivity index (χ4v) is 2.81. The maximum atomic E-state index is 9.33. The lowest BCUT2D eigenvalue weighted by Crippen LogP contribution is -1.93. The molecule has 0 aliphatic rings. The molecule has 0 spiro atoms. The van der Waals surface area contributed by atoms with Crippen molar-refractivity contribution >= 4 is 0 Å². The van der Waals surface area contributed by atoms with Gasteiger partial charge >= 0.3 is 0 Å². The fraction of sp³-hybridized carbons (Fsp3) is 0. The van der Waals surface area contributed by atoms with E-state index in [0.29, 0.717) is 5.56 Å². The summed E-state index contributed by atoms with van der Waals surface area (Å²) in [6.45, 7) is 0. The Bertz CT molecular complexity index is 1100. The van der Waals surface area contributed by atoms with Gasteiger partial charge in [0.2, 0.25) is 0 Å². The summed E-state index contributed by atoms with van der Waals surface area (Å²) in [5.41, 5.74) is 5.67. The number of aromatic nitrogens is 3. The summed E-state index contributed by atoms with van der Waals surface area (Å²) in [5.74, 6) is 0. The molecular formula is C22H14N4. The molecule has 0 fully saturated rings. The van der Waals surface area contributed by atoms with Gasteiger partial charge in [-0.15, -0.1) is 0 Å².